The second-order valence-electron chi connectivity index (χ2n) is 8.65. The molecule has 2 aromatic heterocycles. The molecule has 2 aromatic carbocycles. The van der Waals surface area contributed by atoms with Crippen LogP contribution in [0.25, 0.3) is 22.0 Å². The fourth-order valence-electron chi connectivity index (χ4n) is 3.99. The van der Waals surface area contributed by atoms with Crippen LogP contribution >= 0.6 is 0 Å². The van der Waals surface area contributed by atoms with Gasteiger partial charge in [-0.05, 0) is 66.4 Å². The van der Waals surface area contributed by atoms with E-state index in [1.807, 2.05) is 24.3 Å². The molecule has 0 aliphatic rings. The Morgan fingerprint density at radius 1 is 0.947 bits per heavy atom. The molecule has 0 fully saturated rings. The predicted octanol–water partition coefficient (Wildman–Crippen LogP) is 5.07. The summed E-state index contributed by atoms with van der Waals surface area (Å²) in [6, 6.07) is 11.5. The first-order valence-electron chi connectivity index (χ1n) is 12.2. The van der Waals surface area contributed by atoms with Crippen molar-refractivity contribution in [1.29, 1.82) is 5.26 Å². The van der Waals surface area contributed by atoms with Crippen molar-refractivity contribution in [3.05, 3.63) is 71.7 Å². The summed E-state index contributed by atoms with van der Waals surface area (Å²) >= 11 is 0. The van der Waals surface area contributed by atoms with Gasteiger partial charge in [0, 0.05) is 18.7 Å². The number of aromatic amines is 1. The molecule has 0 amide bonds. The van der Waals surface area contributed by atoms with Crippen LogP contribution < -0.4 is 10.1 Å². The highest BCUT2D eigenvalue weighted by molar-refractivity contribution is 5.89. The monoisotopic (exact) mass is 524 g/mol. The second kappa shape index (κ2) is 13.0. The Labute approximate surface area is 217 Å². The number of halogens is 3. The van der Waals surface area contributed by atoms with Crippen LogP contribution in [0.3, 0.4) is 0 Å². The number of nitriles is 1. The third-order valence-electron chi connectivity index (χ3n) is 5.81. The second-order valence-corrected chi connectivity index (χ2v) is 8.65. The van der Waals surface area contributed by atoms with Crippen LogP contribution in [0.1, 0.15) is 29.5 Å². The minimum atomic E-state index is -4.44. The average molecular weight is 525 g/mol. The van der Waals surface area contributed by atoms with Gasteiger partial charge >= 0.3 is 6.18 Å². The minimum absolute atomic E-state index is 0.0570. The van der Waals surface area contributed by atoms with Crippen molar-refractivity contribution in [3.8, 4) is 22.9 Å². The Kier molecular flexibility index (Phi) is 9.24. The lowest BCUT2D eigenvalue weighted by atomic mass is 10.0. The van der Waals surface area contributed by atoms with Crippen LogP contribution in [-0.4, -0.2) is 46.8 Å². The average Bonchev–Trinajstić information content (AvgIpc) is 3.39. The summed E-state index contributed by atoms with van der Waals surface area (Å²) in [5.41, 5.74) is 2.86. The van der Waals surface area contributed by atoms with E-state index in [2.05, 4.69) is 25.7 Å². The molecule has 0 aliphatic carbocycles. The van der Waals surface area contributed by atoms with E-state index in [4.69, 9.17) is 14.7 Å². The van der Waals surface area contributed by atoms with E-state index in [1.165, 1.54) is 0 Å². The van der Waals surface area contributed by atoms with Gasteiger partial charge in [-0.3, -0.25) is 5.10 Å². The number of benzene rings is 2. The first-order valence-corrected chi connectivity index (χ1v) is 12.2. The summed E-state index contributed by atoms with van der Waals surface area (Å²) < 4.78 is 51.0. The van der Waals surface area contributed by atoms with Crippen molar-refractivity contribution in [2.75, 3.05) is 26.4 Å². The molecule has 0 aliphatic heterocycles. The van der Waals surface area contributed by atoms with Crippen molar-refractivity contribution in [2.24, 2.45) is 0 Å². The summed E-state index contributed by atoms with van der Waals surface area (Å²) in [6.45, 7) is 2.27. The molecular formula is C27H27F3N6O2. The third kappa shape index (κ3) is 7.50. The maximum Gasteiger partial charge on any atom is 0.416 e. The van der Waals surface area contributed by atoms with Gasteiger partial charge in [-0.1, -0.05) is 6.07 Å². The van der Waals surface area contributed by atoms with E-state index in [0.717, 1.165) is 47.0 Å². The van der Waals surface area contributed by atoms with E-state index in [0.29, 0.717) is 49.8 Å². The molecule has 2 N–H and O–H groups in total. The highest BCUT2D eigenvalue weighted by Crippen LogP contribution is 2.32. The van der Waals surface area contributed by atoms with Crippen LogP contribution in [0.4, 0.5) is 13.2 Å². The molecule has 0 unspecified atom stereocenters. The quantitative estimate of drug-likeness (QED) is 0.235. The van der Waals surface area contributed by atoms with Gasteiger partial charge in [0.25, 0.3) is 0 Å². The van der Waals surface area contributed by atoms with Crippen molar-refractivity contribution in [2.45, 2.75) is 32.0 Å². The Morgan fingerprint density at radius 2 is 1.82 bits per heavy atom. The largest absolute Gasteiger partial charge is 0.490 e. The normalized spacial score (nSPS) is 11.5. The van der Waals surface area contributed by atoms with Crippen LogP contribution in [-0.2, 0) is 23.9 Å². The van der Waals surface area contributed by atoms with Crippen molar-refractivity contribution < 1.29 is 22.6 Å². The summed E-state index contributed by atoms with van der Waals surface area (Å²) in [6.07, 6.45) is 2.15. The molecule has 198 valence electrons. The molecule has 0 bridgehead atoms. The number of hydrogen-bond donors (Lipinski definition) is 2. The van der Waals surface area contributed by atoms with Gasteiger partial charge in [0.1, 0.15) is 12.4 Å². The number of fused-ring (bicyclic) bond motifs is 1. The van der Waals surface area contributed by atoms with E-state index in [9.17, 15) is 13.2 Å². The number of alkyl halides is 3. The highest BCUT2D eigenvalue weighted by Gasteiger charge is 2.31. The summed E-state index contributed by atoms with van der Waals surface area (Å²) in [4.78, 5) is 0. The number of nitrogens with one attached hydrogen (secondary N) is 2. The third-order valence-corrected chi connectivity index (χ3v) is 5.81. The van der Waals surface area contributed by atoms with Crippen LogP contribution in [0.2, 0.25) is 0 Å². The van der Waals surface area contributed by atoms with Gasteiger partial charge in [0.15, 0.2) is 0 Å². The summed E-state index contributed by atoms with van der Waals surface area (Å²) in [7, 11) is 0. The molecule has 0 radical (unpaired) electrons. The zero-order valence-corrected chi connectivity index (χ0v) is 20.6. The smallest absolute Gasteiger partial charge is 0.416 e. The van der Waals surface area contributed by atoms with Gasteiger partial charge in [-0.15, -0.1) is 0 Å². The molecule has 0 saturated carbocycles. The van der Waals surface area contributed by atoms with Crippen LogP contribution in [0.5, 0.6) is 5.75 Å². The fraction of sp³-hybridized carbons (Fsp3) is 0.333. The zero-order chi connectivity index (χ0) is 26.8. The van der Waals surface area contributed by atoms with Gasteiger partial charge in [-0.25, -0.2) is 0 Å². The van der Waals surface area contributed by atoms with Gasteiger partial charge in [-0.2, -0.15) is 33.7 Å². The van der Waals surface area contributed by atoms with Crippen LogP contribution in [0, 0.1) is 11.3 Å². The molecule has 4 rings (SSSR count). The predicted molar refractivity (Wildman–Crippen MR) is 135 cm³/mol. The van der Waals surface area contributed by atoms with Crippen molar-refractivity contribution >= 4 is 10.9 Å². The van der Waals surface area contributed by atoms with Crippen molar-refractivity contribution in [1.82, 2.24) is 25.7 Å². The minimum Gasteiger partial charge on any atom is -0.490 e. The Balaban J connectivity index is 1.15. The Morgan fingerprint density at radius 3 is 2.61 bits per heavy atom. The lowest BCUT2D eigenvalue weighted by Crippen LogP contribution is -2.16. The molecule has 0 saturated heterocycles. The maximum absolute atomic E-state index is 13.1. The Hall–Kier alpha value is -4.01. The van der Waals surface area contributed by atoms with Crippen LogP contribution in [0.15, 0.2) is 55.0 Å². The topological polar surface area (TPSA) is 109 Å². The van der Waals surface area contributed by atoms with E-state index in [1.54, 1.807) is 24.7 Å². The number of ether oxygens (including phenoxy) is 2. The maximum atomic E-state index is 13.1. The van der Waals surface area contributed by atoms with E-state index >= 15 is 0 Å². The summed E-state index contributed by atoms with van der Waals surface area (Å²) in [5, 5.41) is 27.7. The molecule has 8 nitrogen and oxygen atoms in total. The Bertz CT molecular complexity index is 1370. The first kappa shape index (κ1) is 27.0. The van der Waals surface area contributed by atoms with Gasteiger partial charge in [0.05, 0.1) is 54.2 Å². The molecule has 38 heavy (non-hydrogen) atoms. The molecule has 0 atom stereocenters. The fourth-order valence-corrected chi connectivity index (χ4v) is 3.99. The summed E-state index contributed by atoms with van der Waals surface area (Å²) in [5.74, 6) is 0.698. The molecule has 11 heteroatoms. The molecule has 2 heterocycles. The molecular weight excluding hydrogens is 497 g/mol. The van der Waals surface area contributed by atoms with E-state index in [-0.39, 0.29) is 6.42 Å². The SMILES string of the molecule is N#CCc1cc(CNCCCCOCCOc2cc(-c3ccnnc3)cc3[nH]ncc23)cc(C(F)(F)F)c1. The van der Waals surface area contributed by atoms with Gasteiger partial charge in [0.2, 0.25) is 0 Å². The van der Waals surface area contributed by atoms with E-state index < -0.39 is 11.7 Å². The highest BCUT2D eigenvalue weighted by atomic mass is 19.4. The number of hydrogen-bond acceptors (Lipinski definition) is 7. The first-order chi connectivity index (χ1) is 18.4. The number of aromatic nitrogens is 4. The van der Waals surface area contributed by atoms with Crippen molar-refractivity contribution in [3.63, 3.8) is 0 Å². The zero-order valence-electron chi connectivity index (χ0n) is 20.6. The lowest BCUT2D eigenvalue weighted by molar-refractivity contribution is -0.137. The molecule has 0 spiro atoms. The number of H-pyrrole nitrogens is 1. The molecule has 4 aromatic rings. The number of rotatable bonds is 13. The number of unbranched alkanes of at least 4 members (excludes halogenated alkanes) is 1. The van der Waals surface area contributed by atoms with Gasteiger partial charge < -0.3 is 14.8 Å². The number of nitrogens with zero attached hydrogens (tertiary/aromatic N) is 4. The lowest BCUT2D eigenvalue weighted by Gasteiger charge is -2.12. The standard InChI is InChI=1S/C27H27F3N6O2/c28-27(29,30)23-12-19(3-5-31)11-20(13-23)16-32-6-1-2-8-37-9-10-38-26-15-22(21-4-7-33-34-17-21)14-25-24(26)18-35-36-25/h4,7,11-15,17-18,32H,1-3,6,8-10,16H2,(H,35,36).